The van der Waals surface area contributed by atoms with Crippen molar-refractivity contribution < 1.29 is 24.9 Å². The van der Waals surface area contributed by atoms with Gasteiger partial charge in [0.1, 0.15) is 0 Å². The first-order valence-corrected chi connectivity index (χ1v) is 6.56. The van der Waals surface area contributed by atoms with Gasteiger partial charge in [-0.05, 0) is 38.8 Å². The van der Waals surface area contributed by atoms with Crippen molar-refractivity contribution in [3.05, 3.63) is 41.5 Å². The van der Waals surface area contributed by atoms with E-state index in [1.165, 1.54) is 28.2 Å². The van der Waals surface area contributed by atoms with Gasteiger partial charge in [0.05, 0.1) is 0 Å². The summed E-state index contributed by atoms with van der Waals surface area (Å²) in [6.45, 7) is 22.0. The van der Waals surface area contributed by atoms with E-state index in [0.29, 0.717) is 0 Å². The standard InChI is InChI=1S/C10H15.C4H9N.2CO.Mn/c1-6-7(2)9(4)10(5)8(6)3;1-4-5(2)3;2*1-2;/h1-5H3;1-3H3;;;. The van der Waals surface area contributed by atoms with Crippen LogP contribution in [0.2, 0.25) is 0 Å². The molecule has 0 aliphatic heterocycles. The fourth-order valence-electron chi connectivity index (χ4n) is 1.41. The fourth-order valence-corrected chi connectivity index (χ4v) is 1.41. The zero-order chi connectivity index (χ0) is 17.0. The molecule has 0 N–H and O–H groups in total. The Labute approximate surface area is 131 Å². The van der Waals surface area contributed by atoms with E-state index >= 15 is 0 Å². The summed E-state index contributed by atoms with van der Waals surface area (Å²) in [4.78, 5) is 2.00. The molecule has 0 saturated carbocycles. The predicted molar refractivity (Wildman–Crippen MR) is 77.9 cm³/mol. The maximum atomic E-state index is 7.50. The van der Waals surface area contributed by atoms with Gasteiger partial charge in [-0.3, -0.25) is 0 Å². The van der Waals surface area contributed by atoms with Gasteiger partial charge >= 0.3 is 68.6 Å². The Balaban J connectivity index is -0.000000250. The van der Waals surface area contributed by atoms with E-state index in [1.54, 1.807) is 0 Å². The molecule has 1 radical (unpaired) electrons. The number of rotatable bonds is 1. The molecule has 20 heavy (non-hydrogen) atoms. The van der Waals surface area contributed by atoms with Crippen LogP contribution in [-0.2, 0) is 24.9 Å². The van der Waals surface area contributed by atoms with Crippen LogP contribution >= 0.6 is 0 Å². The average Bonchev–Trinajstić information content (AvgIpc) is 2.62. The van der Waals surface area contributed by atoms with Crippen LogP contribution in [-0.4, -0.2) is 23.5 Å². The summed E-state index contributed by atoms with van der Waals surface area (Å²) < 4.78 is 16.2. The molecule has 0 aromatic heterocycles. The topological polar surface area (TPSA) is 43.0 Å². The number of allylic oxidation sites excluding steroid dienone is 4. The summed E-state index contributed by atoms with van der Waals surface area (Å²) in [5.41, 5.74) is 5.87. The molecule has 112 valence electrons. The summed E-state index contributed by atoms with van der Waals surface area (Å²) in [5.74, 6) is 1.47. The first-order chi connectivity index (χ1) is 9.20. The van der Waals surface area contributed by atoms with E-state index < -0.39 is 0 Å². The Morgan fingerprint density at radius 2 is 1.00 bits per heavy atom. The van der Waals surface area contributed by atoms with E-state index in [1.807, 2.05) is 25.9 Å². The molecular weight excluding hydrogens is 293 g/mol. The molecule has 1 aliphatic carbocycles. The van der Waals surface area contributed by atoms with Gasteiger partial charge in [-0.15, -0.1) is 0 Å². The van der Waals surface area contributed by atoms with Crippen molar-refractivity contribution in [3.63, 3.8) is 0 Å². The summed E-state index contributed by atoms with van der Waals surface area (Å²) in [6, 6.07) is 0. The molecule has 1 aliphatic rings. The van der Waals surface area contributed by atoms with Crippen molar-refractivity contribution >= 4 is 4.54 Å². The minimum absolute atomic E-state index is 1.16. The van der Waals surface area contributed by atoms with Gasteiger partial charge in [-0.1, -0.05) is 18.1 Å². The second-order valence-electron chi connectivity index (χ2n) is 4.52. The number of hydrogen-bond acceptors (Lipinski definition) is 1. The Kier molecular flexibility index (Phi) is 16.2. The monoisotopic (exact) mass is 317 g/mol. The van der Waals surface area contributed by atoms with Crippen molar-refractivity contribution in [1.29, 1.82) is 0 Å². The maximum absolute atomic E-state index is 7.50. The second kappa shape index (κ2) is 13.3. The van der Waals surface area contributed by atoms with Gasteiger partial charge in [0.2, 0.25) is 0 Å². The summed E-state index contributed by atoms with van der Waals surface area (Å²) in [5, 5.41) is 0. The molecule has 0 aromatic rings. The van der Waals surface area contributed by atoms with Gasteiger partial charge in [0.25, 0.3) is 0 Å². The molecule has 0 spiro atoms. The van der Waals surface area contributed by atoms with E-state index in [9.17, 15) is 0 Å². The summed E-state index contributed by atoms with van der Waals surface area (Å²) >= 11 is 3.28. The molecule has 1 rings (SSSR count). The SMILES string of the molecule is C[C](=[Mn])N(C)C.C[C]1C(C)=C(C)C(C)=C1C.[C-]#[O+].[C-]#[O+]. The molecular formula is C16H24MnNO2. The Morgan fingerprint density at radius 3 is 1.05 bits per heavy atom. The van der Waals surface area contributed by atoms with E-state index in [2.05, 4.69) is 63.5 Å². The fraction of sp³-hybridized carbons (Fsp3) is 0.500. The third kappa shape index (κ3) is 8.47. The normalized spacial score (nSPS) is 13.7. The number of hydrogen-bond donors (Lipinski definition) is 0. The van der Waals surface area contributed by atoms with Crippen LogP contribution in [0, 0.1) is 19.2 Å². The average molecular weight is 317 g/mol. The number of nitrogens with zero attached hydrogens (tertiary/aromatic N) is 1. The van der Waals surface area contributed by atoms with Gasteiger partial charge in [-0.2, -0.15) is 0 Å². The first-order valence-electron chi connectivity index (χ1n) is 5.97. The van der Waals surface area contributed by atoms with Crippen LogP contribution in [0.3, 0.4) is 0 Å². The van der Waals surface area contributed by atoms with E-state index in [4.69, 9.17) is 9.30 Å². The summed E-state index contributed by atoms with van der Waals surface area (Å²) in [6.07, 6.45) is 0. The van der Waals surface area contributed by atoms with Crippen molar-refractivity contribution in [3.8, 4) is 0 Å². The van der Waals surface area contributed by atoms with Crippen LogP contribution in [0.4, 0.5) is 0 Å². The molecule has 0 heterocycles. The van der Waals surface area contributed by atoms with Crippen molar-refractivity contribution in [2.24, 2.45) is 0 Å². The molecule has 0 unspecified atom stereocenters. The molecule has 0 saturated heterocycles. The molecule has 4 heteroatoms. The summed E-state index contributed by atoms with van der Waals surface area (Å²) in [7, 11) is 3.98. The molecule has 0 amide bonds. The second-order valence-corrected chi connectivity index (χ2v) is 5.37. The first kappa shape index (κ1) is 24.3. The van der Waals surface area contributed by atoms with Crippen molar-refractivity contribution in [1.82, 2.24) is 4.90 Å². The van der Waals surface area contributed by atoms with Crippen molar-refractivity contribution in [2.75, 3.05) is 14.1 Å². The van der Waals surface area contributed by atoms with Crippen LogP contribution in [0.25, 0.3) is 0 Å². The molecule has 3 nitrogen and oxygen atoms in total. The van der Waals surface area contributed by atoms with Gasteiger partial charge < -0.3 is 0 Å². The van der Waals surface area contributed by atoms with Gasteiger partial charge in [0.15, 0.2) is 0 Å². The van der Waals surface area contributed by atoms with Gasteiger partial charge in [0, 0.05) is 5.92 Å². The van der Waals surface area contributed by atoms with E-state index in [0.717, 1.165) is 4.54 Å². The molecule has 0 aromatic carbocycles. The Morgan fingerprint density at radius 1 is 0.800 bits per heavy atom. The molecule has 0 bridgehead atoms. The predicted octanol–water partition coefficient (Wildman–Crippen LogP) is 3.44. The zero-order valence-electron chi connectivity index (χ0n) is 13.6. The Bertz CT molecular complexity index is 385. The third-order valence-electron chi connectivity index (χ3n) is 3.43. The van der Waals surface area contributed by atoms with Crippen LogP contribution in [0.5, 0.6) is 0 Å². The van der Waals surface area contributed by atoms with Crippen LogP contribution < -0.4 is 0 Å². The molecule has 0 atom stereocenters. The van der Waals surface area contributed by atoms with Crippen LogP contribution in [0.15, 0.2) is 22.3 Å². The zero-order valence-corrected chi connectivity index (χ0v) is 14.8. The van der Waals surface area contributed by atoms with Crippen LogP contribution in [0.1, 0.15) is 41.5 Å². The van der Waals surface area contributed by atoms with E-state index in [-0.39, 0.29) is 0 Å². The van der Waals surface area contributed by atoms with Gasteiger partial charge in [-0.25, -0.2) is 0 Å². The minimum atomic E-state index is 1.16. The molecule has 0 fully saturated rings. The quantitative estimate of drug-likeness (QED) is 0.415. The Hall–Kier alpha value is -0.691. The van der Waals surface area contributed by atoms with Crippen molar-refractivity contribution in [2.45, 2.75) is 41.5 Å². The third-order valence-corrected chi connectivity index (χ3v) is 3.96.